The number of aromatic hydroxyl groups is 1. The molecule has 1 atom stereocenters. The normalized spacial score (nSPS) is 12.1. The fraction of sp³-hybridized carbons (Fsp3) is 0.176. The summed E-state index contributed by atoms with van der Waals surface area (Å²) in [4.78, 5) is 12.0. The van der Waals surface area contributed by atoms with Crippen LogP contribution < -0.4 is 10.2 Å². The molecule has 120 valence electrons. The van der Waals surface area contributed by atoms with Gasteiger partial charge in [-0.05, 0) is 59.6 Å². The number of ether oxygens (including phenoxy) is 1. The van der Waals surface area contributed by atoms with Crippen molar-refractivity contribution in [3.05, 3.63) is 58.1 Å². The Balaban J connectivity index is 1.94. The first kappa shape index (κ1) is 17.0. The number of phenols is 1. The van der Waals surface area contributed by atoms with Gasteiger partial charge in [-0.1, -0.05) is 18.2 Å². The second-order valence-electron chi connectivity index (χ2n) is 4.99. The van der Waals surface area contributed by atoms with E-state index in [-0.39, 0.29) is 11.7 Å². The first-order valence-corrected chi connectivity index (χ1v) is 7.80. The van der Waals surface area contributed by atoms with E-state index in [0.29, 0.717) is 11.3 Å². The molecule has 6 heteroatoms. The standard InChI is InChI=1S/C17H17BrN2O3/c1-11-7-8-16(14(18)9-11)23-12(2)17(22)20-19-10-13-5-3-4-6-15(13)21/h3-10,12,21H,1-2H3,(H,20,22)/b19-10-/t12-/m0/s1. The topological polar surface area (TPSA) is 70.9 Å². The van der Waals surface area contributed by atoms with E-state index in [2.05, 4.69) is 26.5 Å². The van der Waals surface area contributed by atoms with Crippen molar-refractivity contribution in [2.45, 2.75) is 20.0 Å². The van der Waals surface area contributed by atoms with Gasteiger partial charge in [0.1, 0.15) is 11.5 Å². The minimum Gasteiger partial charge on any atom is -0.507 e. The van der Waals surface area contributed by atoms with Crippen LogP contribution in [-0.4, -0.2) is 23.3 Å². The Morgan fingerprint density at radius 1 is 1.35 bits per heavy atom. The Hall–Kier alpha value is -2.34. The lowest BCUT2D eigenvalue weighted by molar-refractivity contribution is -0.127. The molecule has 0 unspecified atom stereocenters. The maximum absolute atomic E-state index is 12.0. The highest BCUT2D eigenvalue weighted by atomic mass is 79.9. The van der Waals surface area contributed by atoms with Gasteiger partial charge in [0.2, 0.25) is 0 Å². The molecule has 1 amide bonds. The van der Waals surface area contributed by atoms with Gasteiger partial charge in [0.15, 0.2) is 6.10 Å². The number of rotatable bonds is 5. The Kier molecular flexibility index (Phi) is 5.76. The number of hydrogen-bond donors (Lipinski definition) is 2. The van der Waals surface area contributed by atoms with E-state index in [1.165, 1.54) is 6.21 Å². The summed E-state index contributed by atoms with van der Waals surface area (Å²) in [5, 5.41) is 13.4. The summed E-state index contributed by atoms with van der Waals surface area (Å²) < 4.78 is 6.39. The number of amides is 1. The van der Waals surface area contributed by atoms with Crippen molar-refractivity contribution in [2.24, 2.45) is 5.10 Å². The van der Waals surface area contributed by atoms with Crippen molar-refractivity contribution in [1.82, 2.24) is 5.43 Å². The number of aryl methyl sites for hydroxylation is 1. The summed E-state index contributed by atoms with van der Waals surface area (Å²) >= 11 is 3.40. The van der Waals surface area contributed by atoms with E-state index in [1.807, 2.05) is 19.1 Å². The first-order chi connectivity index (χ1) is 11.0. The Labute approximate surface area is 143 Å². The molecule has 2 aromatic rings. The number of nitrogens with zero attached hydrogens (tertiary/aromatic N) is 1. The van der Waals surface area contributed by atoms with Crippen molar-refractivity contribution in [3.63, 3.8) is 0 Å². The summed E-state index contributed by atoms with van der Waals surface area (Å²) in [6, 6.07) is 12.3. The van der Waals surface area contributed by atoms with Crippen LogP contribution in [0, 0.1) is 6.92 Å². The average Bonchev–Trinajstić information content (AvgIpc) is 2.51. The molecule has 2 rings (SSSR count). The van der Waals surface area contributed by atoms with Gasteiger partial charge in [-0.2, -0.15) is 5.10 Å². The third-order valence-electron chi connectivity index (χ3n) is 3.08. The Morgan fingerprint density at radius 3 is 2.78 bits per heavy atom. The van der Waals surface area contributed by atoms with Crippen LogP contribution in [0.4, 0.5) is 0 Å². The molecule has 0 aliphatic rings. The van der Waals surface area contributed by atoms with Gasteiger partial charge in [-0.15, -0.1) is 0 Å². The summed E-state index contributed by atoms with van der Waals surface area (Å²) in [6.07, 6.45) is 0.664. The number of para-hydroxylation sites is 1. The lowest BCUT2D eigenvalue weighted by Crippen LogP contribution is -2.33. The monoisotopic (exact) mass is 376 g/mol. The number of halogens is 1. The van der Waals surface area contributed by atoms with Gasteiger partial charge in [0.05, 0.1) is 10.7 Å². The van der Waals surface area contributed by atoms with Crippen molar-refractivity contribution >= 4 is 28.1 Å². The molecule has 0 fully saturated rings. The highest BCUT2D eigenvalue weighted by Crippen LogP contribution is 2.26. The molecule has 5 nitrogen and oxygen atoms in total. The van der Waals surface area contributed by atoms with Gasteiger partial charge in [0, 0.05) is 5.56 Å². The van der Waals surface area contributed by atoms with Crippen molar-refractivity contribution in [2.75, 3.05) is 0 Å². The number of nitrogens with one attached hydrogen (secondary N) is 1. The van der Waals surface area contributed by atoms with Crippen molar-refractivity contribution in [1.29, 1.82) is 0 Å². The van der Waals surface area contributed by atoms with Crippen LogP contribution in [0.15, 0.2) is 52.0 Å². The predicted molar refractivity (Wildman–Crippen MR) is 92.8 cm³/mol. The first-order valence-electron chi connectivity index (χ1n) is 7.01. The molecule has 0 aliphatic carbocycles. The molecule has 0 bridgehead atoms. The van der Waals surface area contributed by atoms with Gasteiger partial charge in [0.25, 0.3) is 5.91 Å². The lowest BCUT2D eigenvalue weighted by Gasteiger charge is -2.14. The molecule has 23 heavy (non-hydrogen) atoms. The molecule has 0 aromatic heterocycles. The second kappa shape index (κ2) is 7.78. The van der Waals surface area contributed by atoms with Crippen LogP contribution in [-0.2, 0) is 4.79 Å². The molecule has 0 aliphatic heterocycles. The summed E-state index contributed by atoms with van der Waals surface area (Å²) in [7, 11) is 0. The second-order valence-corrected chi connectivity index (χ2v) is 5.84. The number of benzene rings is 2. The van der Waals surface area contributed by atoms with Gasteiger partial charge in [-0.25, -0.2) is 5.43 Å². The van der Waals surface area contributed by atoms with E-state index in [9.17, 15) is 9.90 Å². The number of hydrazone groups is 1. The molecule has 0 saturated carbocycles. The summed E-state index contributed by atoms with van der Waals surface area (Å²) in [6.45, 7) is 3.61. The fourth-order valence-corrected chi connectivity index (χ4v) is 2.39. The molecule has 2 aromatic carbocycles. The zero-order valence-corrected chi connectivity index (χ0v) is 14.4. The minimum atomic E-state index is -0.712. The zero-order valence-electron chi connectivity index (χ0n) is 12.8. The van der Waals surface area contributed by atoms with E-state index in [0.717, 1.165) is 10.0 Å². The van der Waals surface area contributed by atoms with Crippen molar-refractivity contribution < 1.29 is 14.6 Å². The quantitative estimate of drug-likeness (QED) is 0.620. The van der Waals surface area contributed by atoms with Crippen LogP contribution >= 0.6 is 15.9 Å². The number of phenolic OH excluding ortho intramolecular Hbond substituents is 1. The van der Waals surface area contributed by atoms with Crippen LogP contribution in [0.25, 0.3) is 0 Å². The zero-order chi connectivity index (χ0) is 16.8. The highest BCUT2D eigenvalue weighted by molar-refractivity contribution is 9.10. The largest absolute Gasteiger partial charge is 0.507 e. The molecular weight excluding hydrogens is 360 g/mol. The number of hydrogen-bond acceptors (Lipinski definition) is 4. The van der Waals surface area contributed by atoms with Gasteiger partial charge in [-0.3, -0.25) is 4.79 Å². The number of carbonyl (C=O) groups excluding carboxylic acids is 1. The number of carbonyl (C=O) groups is 1. The third kappa shape index (κ3) is 4.82. The van der Waals surface area contributed by atoms with E-state index in [4.69, 9.17) is 4.74 Å². The Bertz CT molecular complexity index is 732. The highest BCUT2D eigenvalue weighted by Gasteiger charge is 2.15. The average molecular weight is 377 g/mol. The fourth-order valence-electron chi connectivity index (χ4n) is 1.80. The van der Waals surface area contributed by atoms with Gasteiger partial charge < -0.3 is 9.84 Å². The Morgan fingerprint density at radius 2 is 2.09 bits per heavy atom. The predicted octanol–water partition coefficient (Wildman–Crippen LogP) is 3.38. The maximum Gasteiger partial charge on any atom is 0.280 e. The molecule has 0 spiro atoms. The van der Waals surface area contributed by atoms with E-state index in [1.54, 1.807) is 37.3 Å². The molecule has 0 saturated heterocycles. The maximum atomic E-state index is 12.0. The molecule has 0 heterocycles. The lowest BCUT2D eigenvalue weighted by atomic mass is 10.2. The van der Waals surface area contributed by atoms with Crippen LogP contribution in [0.5, 0.6) is 11.5 Å². The van der Waals surface area contributed by atoms with E-state index >= 15 is 0 Å². The van der Waals surface area contributed by atoms with Crippen LogP contribution in [0.3, 0.4) is 0 Å². The molecule has 2 N–H and O–H groups in total. The smallest absolute Gasteiger partial charge is 0.280 e. The molecular formula is C17H17BrN2O3. The summed E-state index contributed by atoms with van der Waals surface area (Å²) in [5.41, 5.74) is 4.00. The molecule has 0 radical (unpaired) electrons. The van der Waals surface area contributed by atoms with Crippen LogP contribution in [0.2, 0.25) is 0 Å². The third-order valence-corrected chi connectivity index (χ3v) is 3.70. The van der Waals surface area contributed by atoms with Crippen molar-refractivity contribution in [3.8, 4) is 11.5 Å². The van der Waals surface area contributed by atoms with E-state index < -0.39 is 6.10 Å². The SMILES string of the molecule is Cc1ccc(O[C@@H](C)C(=O)N/N=C\c2ccccc2O)c(Br)c1. The van der Waals surface area contributed by atoms with Gasteiger partial charge >= 0.3 is 0 Å². The minimum absolute atomic E-state index is 0.0957. The van der Waals surface area contributed by atoms with Crippen LogP contribution in [0.1, 0.15) is 18.1 Å². The summed E-state index contributed by atoms with van der Waals surface area (Å²) in [5.74, 6) is 0.297.